The molecule has 2 nitrogen and oxygen atoms in total. The van der Waals surface area contributed by atoms with Gasteiger partial charge in [0.15, 0.2) is 0 Å². The van der Waals surface area contributed by atoms with E-state index in [1.807, 2.05) is 25.1 Å². The summed E-state index contributed by atoms with van der Waals surface area (Å²) in [5.74, 6) is -0.283. The highest BCUT2D eigenvalue weighted by atomic mass is 79.9. The van der Waals surface area contributed by atoms with E-state index in [0.717, 1.165) is 10.0 Å². The third-order valence-electron chi connectivity index (χ3n) is 2.61. The van der Waals surface area contributed by atoms with Gasteiger partial charge < -0.3 is 5.32 Å². The number of nitrogens with one attached hydrogen (secondary N) is 1. The van der Waals surface area contributed by atoms with Gasteiger partial charge >= 0.3 is 0 Å². The van der Waals surface area contributed by atoms with E-state index in [-0.39, 0.29) is 10.9 Å². The van der Waals surface area contributed by atoms with Crippen LogP contribution >= 0.6 is 39.1 Å². The van der Waals surface area contributed by atoms with Crippen molar-refractivity contribution in [3.8, 4) is 0 Å². The molecule has 0 saturated heterocycles. The van der Waals surface area contributed by atoms with E-state index in [4.69, 9.17) is 23.2 Å². The third kappa shape index (κ3) is 3.30. The third-order valence-corrected chi connectivity index (χ3v) is 4.32. The minimum absolute atomic E-state index is 0.260. The number of anilines is 1. The van der Waals surface area contributed by atoms with Crippen LogP contribution in [0, 0.1) is 6.92 Å². The molecule has 98 valence electrons. The summed E-state index contributed by atoms with van der Waals surface area (Å²) in [5.41, 5.74) is 2.10. The highest BCUT2D eigenvalue weighted by Crippen LogP contribution is 2.26. The van der Waals surface area contributed by atoms with Gasteiger partial charge in [0, 0.05) is 10.2 Å². The number of halogens is 3. The minimum Gasteiger partial charge on any atom is -0.322 e. The number of rotatable bonds is 2. The van der Waals surface area contributed by atoms with Gasteiger partial charge in [-0.25, -0.2) is 0 Å². The molecule has 0 heterocycles. The maximum absolute atomic E-state index is 12.1. The lowest BCUT2D eigenvalue weighted by Gasteiger charge is -2.09. The zero-order chi connectivity index (χ0) is 14.0. The Morgan fingerprint density at radius 2 is 1.95 bits per heavy atom. The van der Waals surface area contributed by atoms with E-state index in [1.54, 1.807) is 18.2 Å². The number of hydrogen-bond donors (Lipinski definition) is 1. The second-order valence-corrected chi connectivity index (χ2v) is 5.66. The van der Waals surface area contributed by atoms with Crippen molar-refractivity contribution in [2.45, 2.75) is 6.92 Å². The standard InChI is InChI=1S/C14H10BrCl2NO/c1-8-7-9(5-6-11(8)15)18-14(19)10-3-2-4-12(16)13(10)17/h2-7H,1H3,(H,18,19). The lowest BCUT2D eigenvalue weighted by Crippen LogP contribution is -2.12. The van der Waals surface area contributed by atoms with Gasteiger partial charge in [0.25, 0.3) is 5.91 Å². The van der Waals surface area contributed by atoms with Crippen molar-refractivity contribution in [2.75, 3.05) is 5.32 Å². The molecule has 0 radical (unpaired) electrons. The molecule has 0 aliphatic carbocycles. The molecule has 0 atom stereocenters. The largest absolute Gasteiger partial charge is 0.322 e. The summed E-state index contributed by atoms with van der Waals surface area (Å²) >= 11 is 15.3. The molecule has 0 unspecified atom stereocenters. The molecule has 2 aromatic carbocycles. The van der Waals surface area contributed by atoms with Crippen molar-refractivity contribution >= 4 is 50.7 Å². The predicted molar refractivity (Wildman–Crippen MR) is 83.3 cm³/mol. The van der Waals surface area contributed by atoms with Gasteiger partial charge in [0.1, 0.15) is 0 Å². The first-order valence-electron chi connectivity index (χ1n) is 5.50. The molecule has 0 spiro atoms. The zero-order valence-corrected chi connectivity index (χ0v) is 13.1. The summed E-state index contributed by atoms with van der Waals surface area (Å²) in [7, 11) is 0. The van der Waals surface area contributed by atoms with Gasteiger partial charge in [-0.3, -0.25) is 4.79 Å². The fourth-order valence-electron chi connectivity index (χ4n) is 1.60. The Balaban J connectivity index is 2.26. The Hall–Kier alpha value is -1.03. The van der Waals surface area contributed by atoms with E-state index in [0.29, 0.717) is 16.3 Å². The van der Waals surface area contributed by atoms with E-state index < -0.39 is 0 Å². The number of carbonyl (C=O) groups excluding carboxylic acids is 1. The lowest BCUT2D eigenvalue weighted by molar-refractivity contribution is 0.102. The Kier molecular flexibility index (Phi) is 4.50. The van der Waals surface area contributed by atoms with Crippen LogP contribution in [0.4, 0.5) is 5.69 Å². The summed E-state index contributed by atoms with van der Waals surface area (Å²) in [4.78, 5) is 12.1. The van der Waals surface area contributed by atoms with E-state index in [1.165, 1.54) is 0 Å². The second-order valence-electron chi connectivity index (χ2n) is 4.02. The normalized spacial score (nSPS) is 10.3. The van der Waals surface area contributed by atoms with Crippen LogP contribution in [0.1, 0.15) is 15.9 Å². The summed E-state index contributed by atoms with van der Waals surface area (Å²) in [6, 6.07) is 10.5. The molecule has 1 amide bonds. The Bertz CT molecular complexity index is 643. The molecule has 0 bridgehead atoms. The maximum Gasteiger partial charge on any atom is 0.257 e. The van der Waals surface area contributed by atoms with E-state index in [9.17, 15) is 4.79 Å². The molecule has 19 heavy (non-hydrogen) atoms. The van der Waals surface area contributed by atoms with Crippen molar-refractivity contribution < 1.29 is 4.79 Å². The molecule has 1 N–H and O–H groups in total. The molecular weight excluding hydrogens is 349 g/mol. The minimum atomic E-state index is -0.283. The molecule has 0 saturated carbocycles. The first-order valence-corrected chi connectivity index (χ1v) is 7.05. The van der Waals surface area contributed by atoms with Crippen molar-refractivity contribution in [1.82, 2.24) is 0 Å². The molecule has 0 aliphatic heterocycles. The van der Waals surface area contributed by atoms with Crippen molar-refractivity contribution in [3.63, 3.8) is 0 Å². The predicted octanol–water partition coefficient (Wildman–Crippen LogP) is 5.32. The van der Waals surface area contributed by atoms with Crippen LogP contribution < -0.4 is 5.32 Å². The van der Waals surface area contributed by atoms with Crippen molar-refractivity contribution in [1.29, 1.82) is 0 Å². The van der Waals surface area contributed by atoms with Crippen LogP contribution in [0.15, 0.2) is 40.9 Å². The first kappa shape index (κ1) is 14.4. The number of amides is 1. The monoisotopic (exact) mass is 357 g/mol. The van der Waals surface area contributed by atoms with Gasteiger partial charge in [0.2, 0.25) is 0 Å². The fourth-order valence-corrected chi connectivity index (χ4v) is 2.23. The highest BCUT2D eigenvalue weighted by molar-refractivity contribution is 9.10. The van der Waals surface area contributed by atoms with E-state index >= 15 is 0 Å². The summed E-state index contributed by atoms with van der Waals surface area (Å²) in [6.07, 6.45) is 0. The molecule has 2 rings (SSSR count). The summed E-state index contributed by atoms with van der Waals surface area (Å²) in [6.45, 7) is 1.95. The van der Waals surface area contributed by atoms with Gasteiger partial charge in [-0.1, -0.05) is 45.2 Å². The molecule has 0 fully saturated rings. The number of benzene rings is 2. The average molecular weight is 359 g/mol. The van der Waals surface area contributed by atoms with Crippen molar-refractivity contribution in [2.24, 2.45) is 0 Å². The Labute approximate surface area is 129 Å². The summed E-state index contributed by atoms with van der Waals surface area (Å²) < 4.78 is 0.992. The van der Waals surface area contributed by atoms with Crippen LogP contribution in [-0.2, 0) is 0 Å². The smallest absolute Gasteiger partial charge is 0.257 e. The van der Waals surface area contributed by atoms with Crippen molar-refractivity contribution in [3.05, 3.63) is 62.0 Å². The molecule has 0 aliphatic rings. The Morgan fingerprint density at radius 3 is 2.63 bits per heavy atom. The van der Waals surface area contributed by atoms with Crippen LogP contribution in [0.2, 0.25) is 10.0 Å². The van der Waals surface area contributed by atoms with Crippen LogP contribution in [0.3, 0.4) is 0 Å². The van der Waals surface area contributed by atoms with E-state index in [2.05, 4.69) is 21.2 Å². The molecular formula is C14H10BrCl2NO. The molecule has 2 aromatic rings. The van der Waals surface area contributed by atoms with Crippen LogP contribution in [0.25, 0.3) is 0 Å². The number of carbonyl (C=O) groups is 1. The first-order chi connectivity index (χ1) is 8.99. The lowest BCUT2D eigenvalue weighted by atomic mass is 10.2. The molecule has 5 heteroatoms. The fraction of sp³-hybridized carbons (Fsp3) is 0.0714. The highest BCUT2D eigenvalue weighted by Gasteiger charge is 2.12. The van der Waals surface area contributed by atoms with Gasteiger partial charge in [-0.2, -0.15) is 0 Å². The average Bonchev–Trinajstić information content (AvgIpc) is 2.37. The number of hydrogen-bond acceptors (Lipinski definition) is 1. The Morgan fingerprint density at radius 1 is 1.21 bits per heavy atom. The topological polar surface area (TPSA) is 29.1 Å². The second kappa shape index (κ2) is 5.95. The quantitative estimate of drug-likeness (QED) is 0.773. The SMILES string of the molecule is Cc1cc(NC(=O)c2cccc(Cl)c2Cl)ccc1Br. The number of aryl methyl sites for hydroxylation is 1. The van der Waals surface area contributed by atoms with Gasteiger partial charge in [-0.05, 0) is 42.8 Å². The van der Waals surface area contributed by atoms with Crippen LogP contribution in [0.5, 0.6) is 0 Å². The summed E-state index contributed by atoms with van der Waals surface area (Å²) in [5, 5.41) is 3.41. The van der Waals surface area contributed by atoms with Gasteiger partial charge in [0.05, 0.1) is 15.6 Å². The zero-order valence-electron chi connectivity index (χ0n) is 10.0. The van der Waals surface area contributed by atoms with Crippen LogP contribution in [-0.4, -0.2) is 5.91 Å². The maximum atomic E-state index is 12.1. The molecule has 0 aromatic heterocycles. The van der Waals surface area contributed by atoms with Gasteiger partial charge in [-0.15, -0.1) is 0 Å².